The Kier molecular flexibility index (Phi) is 3.03. The highest BCUT2D eigenvalue weighted by molar-refractivity contribution is 9.10. The molecule has 2 N–H and O–H groups in total. The molecular weight excluding hydrogens is 250 g/mol. The van der Waals surface area contributed by atoms with Crippen LogP contribution in [-0.4, -0.2) is 17.7 Å². The van der Waals surface area contributed by atoms with Crippen LogP contribution in [0, 0.1) is 0 Å². The summed E-state index contributed by atoms with van der Waals surface area (Å²) < 4.78 is 1.06. The number of rotatable bonds is 2. The quantitative estimate of drug-likeness (QED) is 0.857. The van der Waals surface area contributed by atoms with Gasteiger partial charge in [0.2, 0.25) is 0 Å². The van der Waals surface area contributed by atoms with Crippen LogP contribution in [0.5, 0.6) is 0 Å². The van der Waals surface area contributed by atoms with Gasteiger partial charge in [-0.1, -0.05) is 0 Å². The Balaban J connectivity index is 2.07. The van der Waals surface area contributed by atoms with Crippen molar-refractivity contribution in [3.05, 3.63) is 20.8 Å². The molecule has 72 valence electrons. The first-order chi connectivity index (χ1) is 6.27. The summed E-state index contributed by atoms with van der Waals surface area (Å²) in [5.41, 5.74) is 0. The summed E-state index contributed by atoms with van der Waals surface area (Å²) in [6, 6.07) is 2.25. The van der Waals surface area contributed by atoms with Gasteiger partial charge in [-0.15, -0.1) is 11.3 Å². The van der Waals surface area contributed by atoms with Crippen LogP contribution in [0.4, 0.5) is 0 Å². The fourth-order valence-electron chi connectivity index (χ4n) is 1.66. The molecule has 0 bridgehead atoms. The summed E-state index contributed by atoms with van der Waals surface area (Å²) in [7, 11) is 0. The van der Waals surface area contributed by atoms with E-state index < -0.39 is 0 Å². The lowest BCUT2D eigenvalue weighted by molar-refractivity contribution is 0.141. The van der Waals surface area contributed by atoms with Crippen LogP contribution < -0.4 is 5.32 Å². The second-order valence-corrected chi connectivity index (χ2v) is 5.17. The minimum absolute atomic E-state index is 0.255. The predicted molar refractivity (Wildman–Crippen MR) is 58.0 cm³/mol. The molecule has 1 saturated heterocycles. The Labute approximate surface area is 90.1 Å². The predicted octanol–water partition coefficient (Wildman–Crippen LogP) is 2.30. The van der Waals surface area contributed by atoms with Crippen molar-refractivity contribution in [2.75, 3.05) is 6.54 Å². The zero-order chi connectivity index (χ0) is 9.26. The Morgan fingerprint density at radius 3 is 3.08 bits per heavy atom. The Hall–Kier alpha value is 0.1000. The molecule has 13 heavy (non-hydrogen) atoms. The molecule has 0 aliphatic carbocycles. The van der Waals surface area contributed by atoms with Crippen LogP contribution in [0.2, 0.25) is 0 Å². The van der Waals surface area contributed by atoms with Crippen LogP contribution in [0.1, 0.15) is 23.8 Å². The molecule has 4 heteroatoms. The van der Waals surface area contributed by atoms with Crippen molar-refractivity contribution in [2.24, 2.45) is 0 Å². The fraction of sp³-hybridized carbons (Fsp3) is 0.556. The van der Waals surface area contributed by atoms with Crippen molar-refractivity contribution in [1.29, 1.82) is 0 Å². The molecule has 1 aliphatic heterocycles. The summed E-state index contributed by atoms with van der Waals surface area (Å²) in [4.78, 5) is 1.05. The third-order valence-electron chi connectivity index (χ3n) is 2.36. The molecule has 0 aromatic carbocycles. The largest absolute Gasteiger partial charge is 0.386 e. The third-order valence-corrected chi connectivity index (χ3v) is 4.12. The average Bonchev–Trinajstić information content (AvgIpc) is 2.72. The van der Waals surface area contributed by atoms with Crippen molar-refractivity contribution in [3.8, 4) is 0 Å². The lowest BCUT2D eigenvalue weighted by Crippen LogP contribution is -2.28. The van der Waals surface area contributed by atoms with Crippen LogP contribution in [0.3, 0.4) is 0 Å². The standard InChI is InChI=1S/C9H12BrNOS/c10-6-4-8(13-5-6)9(12)7-2-1-3-11-7/h4-5,7,9,11-12H,1-3H2. The molecule has 1 fully saturated rings. The zero-order valence-corrected chi connectivity index (χ0v) is 9.57. The molecule has 1 aromatic heterocycles. The van der Waals surface area contributed by atoms with E-state index in [-0.39, 0.29) is 12.1 Å². The molecule has 0 spiro atoms. The van der Waals surface area contributed by atoms with Gasteiger partial charge in [0.15, 0.2) is 0 Å². The van der Waals surface area contributed by atoms with Crippen molar-refractivity contribution in [2.45, 2.75) is 25.0 Å². The number of hydrogen-bond donors (Lipinski definition) is 2. The second-order valence-electron chi connectivity index (χ2n) is 3.31. The molecule has 2 unspecified atom stereocenters. The first-order valence-corrected chi connectivity index (χ1v) is 6.10. The summed E-state index contributed by atoms with van der Waals surface area (Å²) >= 11 is 5.00. The van der Waals surface area contributed by atoms with Gasteiger partial charge in [-0.25, -0.2) is 0 Å². The number of halogens is 1. The van der Waals surface area contributed by atoms with Crippen molar-refractivity contribution in [1.82, 2.24) is 5.32 Å². The van der Waals surface area contributed by atoms with Gasteiger partial charge in [-0.05, 0) is 41.4 Å². The monoisotopic (exact) mass is 261 g/mol. The number of thiophene rings is 1. The van der Waals surface area contributed by atoms with Crippen molar-refractivity contribution >= 4 is 27.3 Å². The van der Waals surface area contributed by atoms with Gasteiger partial charge in [-0.2, -0.15) is 0 Å². The molecule has 0 saturated carbocycles. The average molecular weight is 262 g/mol. The van der Waals surface area contributed by atoms with Gasteiger partial charge in [0, 0.05) is 20.8 Å². The molecule has 1 aliphatic rings. The summed E-state index contributed by atoms with van der Waals surface area (Å²) in [6.07, 6.45) is 1.92. The molecule has 2 rings (SSSR count). The minimum Gasteiger partial charge on any atom is -0.386 e. The van der Waals surface area contributed by atoms with Gasteiger partial charge in [0.05, 0.1) is 0 Å². The van der Waals surface area contributed by atoms with E-state index in [1.165, 1.54) is 6.42 Å². The van der Waals surface area contributed by atoms with Gasteiger partial charge in [0.25, 0.3) is 0 Å². The second kappa shape index (κ2) is 4.09. The summed E-state index contributed by atoms with van der Waals surface area (Å²) in [5.74, 6) is 0. The third kappa shape index (κ3) is 2.13. The first-order valence-electron chi connectivity index (χ1n) is 4.43. The van der Waals surface area contributed by atoms with E-state index in [2.05, 4.69) is 21.2 Å². The summed E-state index contributed by atoms with van der Waals surface area (Å²) in [6.45, 7) is 1.04. The zero-order valence-electron chi connectivity index (χ0n) is 7.16. The van der Waals surface area contributed by atoms with Gasteiger partial charge >= 0.3 is 0 Å². The highest BCUT2D eigenvalue weighted by atomic mass is 79.9. The van der Waals surface area contributed by atoms with Gasteiger partial charge < -0.3 is 10.4 Å². The molecule has 2 nitrogen and oxygen atoms in total. The van der Waals surface area contributed by atoms with Crippen LogP contribution in [-0.2, 0) is 0 Å². The highest BCUT2D eigenvalue weighted by Gasteiger charge is 2.24. The fourth-order valence-corrected chi connectivity index (χ4v) is 3.16. The molecule has 0 radical (unpaired) electrons. The van der Waals surface area contributed by atoms with Crippen LogP contribution in [0.15, 0.2) is 15.9 Å². The maximum Gasteiger partial charge on any atom is 0.103 e. The van der Waals surface area contributed by atoms with E-state index in [0.29, 0.717) is 0 Å². The number of hydrogen-bond acceptors (Lipinski definition) is 3. The Morgan fingerprint density at radius 1 is 1.69 bits per heavy atom. The van der Waals surface area contributed by atoms with Crippen molar-refractivity contribution < 1.29 is 5.11 Å². The normalized spacial score (nSPS) is 24.9. The van der Waals surface area contributed by atoms with Gasteiger partial charge in [-0.3, -0.25) is 0 Å². The Morgan fingerprint density at radius 2 is 2.54 bits per heavy atom. The maximum absolute atomic E-state index is 9.96. The van der Waals surface area contributed by atoms with E-state index in [0.717, 1.165) is 22.3 Å². The number of nitrogens with one attached hydrogen (secondary N) is 1. The van der Waals surface area contributed by atoms with Crippen LogP contribution >= 0.6 is 27.3 Å². The van der Waals surface area contributed by atoms with Gasteiger partial charge in [0.1, 0.15) is 6.10 Å². The van der Waals surface area contributed by atoms with Crippen LogP contribution in [0.25, 0.3) is 0 Å². The first kappa shape index (κ1) is 9.65. The number of aliphatic hydroxyl groups is 1. The van der Waals surface area contributed by atoms with E-state index in [4.69, 9.17) is 0 Å². The molecular formula is C9H12BrNOS. The van der Waals surface area contributed by atoms with E-state index in [1.807, 2.05) is 11.4 Å². The van der Waals surface area contributed by atoms with E-state index >= 15 is 0 Å². The maximum atomic E-state index is 9.96. The molecule has 2 atom stereocenters. The SMILES string of the molecule is OC(c1cc(Br)cs1)C1CCCN1. The summed E-state index contributed by atoms with van der Waals surface area (Å²) in [5, 5.41) is 15.3. The Bertz CT molecular complexity index is 283. The molecule has 2 heterocycles. The lowest BCUT2D eigenvalue weighted by Gasteiger charge is -2.16. The van der Waals surface area contributed by atoms with E-state index in [9.17, 15) is 5.11 Å². The number of aliphatic hydroxyl groups excluding tert-OH is 1. The van der Waals surface area contributed by atoms with E-state index in [1.54, 1.807) is 11.3 Å². The minimum atomic E-state index is -0.334. The van der Waals surface area contributed by atoms with Crippen molar-refractivity contribution in [3.63, 3.8) is 0 Å². The highest BCUT2D eigenvalue weighted by Crippen LogP contribution is 2.29. The molecule has 1 aromatic rings. The smallest absolute Gasteiger partial charge is 0.103 e. The topological polar surface area (TPSA) is 32.3 Å². The lowest BCUT2D eigenvalue weighted by atomic mass is 10.1. The molecule has 0 amide bonds.